The van der Waals surface area contributed by atoms with Gasteiger partial charge < -0.3 is 5.11 Å². The molecule has 0 radical (unpaired) electrons. The Bertz CT molecular complexity index is 372. The monoisotopic (exact) mass is 255 g/mol. The lowest BCUT2D eigenvalue weighted by Crippen LogP contribution is -2.43. The highest BCUT2D eigenvalue weighted by Crippen LogP contribution is 2.29. The van der Waals surface area contributed by atoms with Crippen molar-refractivity contribution in [2.75, 3.05) is 6.54 Å². The number of carboxylic acid groups (broad SMARTS) is 1. The first-order valence-corrected chi connectivity index (χ1v) is 6.14. The van der Waals surface area contributed by atoms with Crippen molar-refractivity contribution in [1.82, 2.24) is 5.32 Å². The number of benzene rings is 1. The molecule has 4 heteroatoms. The Morgan fingerprint density at radius 1 is 1.29 bits per heavy atom. The normalized spacial score (nSPS) is 11.5. The average molecular weight is 256 g/mol. The molecule has 17 heavy (non-hydrogen) atoms. The molecule has 0 saturated heterocycles. The van der Waals surface area contributed by atoms with E-state index in [-0.39, 0.29) is 12.1 Å². The first-order chi connectivity index (χ1) is 8.04. The predicted molar refractivity (Wildman–Crippen MR) is 69.4 cm³/mol. The summed E-state index contributed by atoms with van der Waals surface area (Å²) in [6.45, 7) is 4.06. The highest BCUT2D eigenvalue weighted by Gasteiger charge is 2.28. The second kappa shape index (κ2) is 6.03. The van der Waals surface area contributed by atoms with Crippen LogP contribution in [0.4, 0.5) is 0 Å². The summed E-state index contributed by atoms with van der Waals surface area (Å²) in [6, 6.07) is 7.56. The van der Waals surface area contributed by atoms with Gasteiger partial charge in [-0.3, -0.25) is 10.1 Å². The van der Waals surface area contributed by atoms with Crippen LogP contribution in [0.2, 0.25) is 5.02 Å². The van der Waals surface area contributed by atoms with Crippen molar-refractivity contribution in [1.29, 1.82) is 0 Å². The molecule has 0 fully saturated rings. The highest BCUT2D eigenvalue weighted by molar-refractivity contribution is 6.30. The second-order valence-electron chi connectivity index (χ2n) is 4.04. The fourth-order valence-electron chi connectivity index (χ4n) is 2.02. The van der Waals surface area contributed by atoms with Gasteiger partial charge in [-0.25, -0.2) is 0 Å². The van der Waals surface area contributed by atoms with E-state index in [0.29, 0.717) is 5.02 Å². The van der Waals surface area contributed by atoms with E-state index in [1.54, 1.807) is 0 Å². The van der Waals surface area contributed by atoms with E-state index in [0.717, 1.165) is 18.4 Å². The second-order valence-corrected chi connectivity index (χ2v) is 4.48. The Balaban J connectivity index is 2.97. The van der Waals surface area contributed by atoms with Crippen LogP contribution in [0.5, 0.6) is 0 Å². The molecule has 94 valence electrons. The molecule has 0 aromatic heterocycles. The zero-order valence-electron chi connectivity index (χ0n) is 10.2. The fourth-order valence-corrected chi connectivity index (χ4v) is 2.15. The van der Waals surface area contributed by atoms with Crippen molar-refractivity contribution in [3.63, 3.8) is 0 Å². The average Bonchev–Trinajstić information content (AvgIpc) is 2.32. The SMILES string of the molecule is CCC(CC)(NCC(=O)O)c1ccc(Cl)cc1. The highest BCUT2D eigenvalue weighted by atomic mass is 35.5. The summed E-state index contributed by atoms with van der Waals surface area (Å²) in [6.07, 6.45) is 1.66. The number of carbonyl (C=O) groups is 1. The molecule has 0 aliphatic carbocycles. The van der Waals surface area contributed by atoms with E-state index in [1.807, 2.05) is 38.1 Å². The summed E-state index contributed by atoms with van der Waals surface area (Å²) in [5.74, 6) is -0.842. The number of halogens is 1. The molecule has 0 aliphatic heterocycles. The molecule has 2 N–H and O–H groups in total. The predicted octanol–water partition coefficient (Wildman–Crippen LogP) is 3.03. The van der Waals surface area contributed by atoms with Crippen molar-refractivity contribution in [3.8, 4) is 0 Å². The number of carboxylic acids is 1. The van der Waals surface area contributed by atoms with Gasteiger partial charge >= 0.3 is 5.97 Å². The maximum absolute atomic E-state index is 10.7. The molecular weight excluding hydrogens is 238 g/mol. The molecule has 0 saturated carbocycles. The van der Waals surface area contributed by atoms with Gasteiger partial charge in [0, 0.05) is 10.6 Å². The zero-order chi connectivity index (χ0) is 12.9. The summed E-state index contributed by atoms with van der Waals surface area (Å²) >= 11 is 5.86. The molecule has 1 aromatic rings. The van der Waals surface area contributed by atoms with Crippen molar-refractivity contribution in [2.24, 2.45) is 0 Å². The molecule has 1 rings (SSSR count). The Kier molecular flexibility index (Phi) is 4.97. The minimum absolute atomic E-state index is 0.0374. The molecule has 0 aliphatic rings. The van der Waals surface area contributed by atoms with E-state index in [1.165, 1.54) is 0 Å². The number of hydrogen-bond donors (Lipinski definition) is 2. The minimum atomic E-state index is -0.842. The molecular formula is C13H18ClNO2. The molecule has 3 nitrogen and oxygen atoms in total. The molecule has 1 aromatic carbocycles. The third-order valence-corrected chi connectivity index (χ3v) is 3.43. The molecule has 0 atom stereocenters. The third-order valence-electron chi connectivity index (χ3n) is 3.18. The third kappa shape index (κ3) is 3.45. The summed E-state index contributed by atoms with van der Waals surface area (Å²) < 4.78 is 0. The quantitative estimate of drug-likeness (QED) is 0.822. The van der Waals surface area contributed by atoms with Crippen LogP contribution >= 0.6 is 11.6 Å². The van der Waals surface area contributed by atoms with Crippen LogP contribution in [-0.4, -0.2) is 17.6 Å². The molecule has 0 heterocycles. The maximum Gasteiger partial charge on any atom is 0.317 e. The fraction of sp³-hybridized carbons (Fsp3) is 0.462. The van der Waals surface area contributed by atoms with Gasteiger partial charge in [0.15, 0.2) is 0 Å². The Hall–Kier alpha value is -1.06. The Morgan fingerprint density at radius 2 is 1.82 bits per heavy atom. The molecule has 0 bridgehead atoms. The van der Waals surface area contributed by atoms with Gasteiger partial charge in [-0.2, -0.15) is 0 Å². The zero-order valence-corrected chi connectivity index (χ0v) is 10.9. The van der Waals surface area contributed by atoms with Gasteiger partial charge in [-0.05, 0) is 30.5 Å². The van der Waals surface area contributed by atoms with E-state index >= 15 is 0 Å². The van der Waals surface area contributed by atoms with Gasteiger partial charge in [0.1, 0.15) is 0 Å². The lowest BCUT2D eigenvalue weighted by atomic mass is 9.84. The van der Waals surface area contributed by atoms with Gasteiger partial charge in [0.25, 0.3) is 0 Å². The maximum atomic E-state index is 10.7. The van der Waals surface area contributed by atoms with E-state index in [2.05, 4.69) is 5.32 Å². The smallest absolute Gasteiger partial charge is 0.317 e. The van der Waals surface area contributed by atoms with E-state index < -0.39 is 5.97 Å². The number of aliphatic carboxylic acids is 1. The molecule has 0 unspecified atom stereocenters. The first kappa shape index (κ1) is 14.0. The van der Waals surface area contributed by atoms with Crippen molar-refractivity contribution in [2.45, 2.75) is 32.2 Å². The lowest BCUT2D eigenvalue weighted by Gasteiger charge is -2.33. The van der Waals surface area contributed by atoms with Crippen LogP contribution in [-0.2, 0) is 10.3 Å². The summed E-state index contributed by atoms with van der Waals surface area (Å²) in [5.41, 5.74) is 0.788. The Labute approximate surface area is 107 Å². The number of hydrogen-bond acceptors (Lipinski definition) is 2. The van der Waals surface area contributed by atoms with Crippen LogP contribution in [0.1, 0.15) is 32.3 Å². The van der Waals surface area contributed by atoms with Gasteiger partial charge in [0.2, 0.25) is 0 Å². The van der Waals surface area contributed by atoms with Crippen molar-refractivity contribution in [3.05, 3.63) is 34.9 Å². The minimum Gasteiger partial charge on any atom is -0.480 e. The van der Waals surface area contributed by atoms with Crippen molar-refractivity contribution >= 4 is 17.6 Å². The topological polar surface area (TPSA) is 49.3 Å². The van der Waals surface area contributed by atoms with Crippen LogP contribution < -0.4 is 5.32 Å². The first-order valence-electron chi connectivity index (χ1n) is 5.77. The summed E-state index contributed by atoms with van der Waals surface area (Å²) in [7, 11) is 0. The van der Waals surface area contributed by atoms with E-state index in [9.17, 15) is 4.79 Å². The largest absolute Gasteiger partial charge is 0.480 e. The van der Waals surface area contributed by atoms with E-state index in [4.69, 9.17) is 16.7 Å². The lowest BCUT2D eigenvalue weighted by molar-refractivity contribution is -0.136. The number of nitrogens with one attached hydrogen (secondary N) is 1. The Morgan fingerprint density at radius 3 is 2.24 bits per heavy atom. The van der Waals surface area contributed by atoms with Crippen LogP contribution in [0.15, 0.2) is 24.3 Å². The summed E-state index contributed by atoms with van der Waals surface area (Å²) in [4.78, 5) is 10.7. The standard InChI is InChI=1S/C13H18ClNO2/c1-3-13(4-2,15-9-12(16)17)10-5-7-11(14)8-6-10/h5-8,15H,3-4,9H2,1-2H3,(H,16,17). The van der Waals surface area contributed by atoms with Crippen LogP contribution in [0, 0.1) is 0 Å². The van der Waals surface area contributed by atoms with Crippen LogP contribution in [0.25, 0.3) is 0 Å². The van der Waals surface area contributed by atoms with Gasteiger partial charge in [-0.1, -0.05) is 37.6 Å². The van der Waals surface area contributed by atoms with Gasteiger partial charge in [0.05, 0.1) is 6.54 Å². The molecule has 0 amide bonds. The molecule has 0 spiro atoms. The van der Waals surface area contributed by atoms with Crippen LogP contribution in [0.3, 0.4) is 0 Å². The van der Waals surface area contributed by atoms with Crippen molar-refractivity contribution < 1.29 is 9.90 Å². The summed E-state index contributed by atoms with van der Waals surface area (Å²) in [5, 5.41) is 12.6. The van der Waals surface area contributed by atoms with Gasteiger partial charge in [-0.15, -0.1) is 0 Å². The number of rotatable bonds is 6.